The van der Waals surface area contributed by atoms with Gasteiger partial charge in [0.1, 0.15) is 12.4 Å². The van der Waals surface area contributed by atoms with Crippen molar-refractivity contribution in [1.29, 1.82) is 0 Å². The topological polar surface area (TPSA) is 45.7 Å². The fourth-order valence-electron chi connectivity index (χ4n) is 3.37. The van der Waals surface area contributed by atoms with E-state index < -0.39 is 0 Å². The van der Waals surface area contributed by atoms with Gasteiger partial charge >= 0.3 is 0 Å². The first-order valence-electron chi connectivity index (χ1n) is 9.53. The van der Waals surface area contributed by atoms with Crippen molar-refractivity contribution in [3.05, 3.63) is 75.2 Å². The highest BCUT2D eigenvalue weighted by Gasteiger charge is 2.23. The summed E-state index contributed by atoms with van der Waals surface area (Å²) in [6.07, 6.45) is 0. The van der Waals surface area contributed by atoms with E-state index in [1.165, 1.54) is 0 Å². The lowest BCUT2D eigenvalue weighted by Gasteiger charge is -2.36. The molecule has 0 bridgehead atoms. The highest BCUT2D eigenvalue weighted by atomic mass is 35.5. The zero-order valence-electron chi connectivity index (χ0n) is 16.2. The van der Waals surface area contributed by atoms with E-state index in [1.807, 2.05) is 65.7 Å². The van der Waals surface area contributed by atoms with Crippen LogP contribution in [0.5, 0.6) is 5.75 Å². The Labute approximate surface area is 179 Å². The first-order valence-corrected chi connectivity index (χ1v) is 10.8. The van der Waals surface area contributed by atoms with Crippen LogP contribution in [0.4, 0.5) is 5.69 Å². The van der Waals surface area contributed by atoms with E-state index in [4.69, 9.17) is 16.3 Å². The Morgan fingerprint density at radius 1 is 1.10 bits per heavy atom. The Balaban J connectivity index is 1.32. The van der Waals surface area contributed by atoms with Crippen molar-refractivity contribution in [1.82, 2.24) is 9.88 Å². The molecule has 29 heavy (non-hydrogen) atoms. The summed E-state index contributed by atoms with van der Waals surface area (Å²) in [4.78, 5) is 21.3. The molecule has 1 aliphatic heterocycles. The second-order valence-corrected chi connectivity index (χ2v) is 8.37. The highest BCUT2D eigenvalue weighted by molar-refractivity contribution is 7.09. The molecule has 0 spiro atoms. The first kappa shape index (κ1) is 19.7. The fourth-order valence-corrected chi connectivity index (χ4v) is 4.22. The SMILES string of the molecule is Cc1nc(COc2ccc(C(=O)N3CCN(c4ccccc4Cl)CC3)cc2)cs1. The number of piperazine rings is 1. The number of hydrogen-bond acceptors (Lipinski definition) is 5. The number of aryl methyl sites for hydroxylation is 1. The molecule has 5 nitrogen and oxygen atoms in total. The smallest absolute Gasteiger partial charge is 0.253 e. The second-order valence-electron chi connectivity index (χ2n) is 6.90. The van der Waals surface area contributed by atoms with E-state index >= 15 is 0 Å². The maximum absolute atomic E-state index is 12.8. The Hall–Kier alpha value is -2.57. The molecule has 1 aliphatic rings. The molecule has 3 aromatic rings. The van der Waals surface area contributed by atoms with Crippen LogP contribution in [-0.4, -0.2) is 42.0 Å². The number of rotatable bonds is 5. The van der Waals surface area contributed by atoms with Gasteiger partial charge in [0.15, 0.2) is 0 Å². The van der Waals surface area contributed by atoms with E-state index in [1.54, 1.807) is 11.3 Å². The number of carbonyl (C=O) groups is 1. The van der Waals surface area contributed by atoms with Crippen LogP contribution < -0.4 is 9.64 Å². The van der Waals surface area contributed by atoms with E-state index in [-0.39, 0.29) is 5.91 Å². The Morgan fingerprint density at radius 2 is 1.83 bits per heavy atom. The zero-order valence-corrected chi connectivity index (χ0v) is 17.7. The van der Waals surface area contributed by atoms with Gasteiger partial charge in [0.05, 0.1) is 21.4 Å². The van der Waals surface area contributed by atoms with Crippen LogP contribution in [0.1, 0.15) is 21.1 Å². The predicted octanol–water partition coefficient (Wildman–Crippen LogP) is 4.65. The van der Waals surface area contributed by atoms with Crippen LogP contribution in [-0.2, 0) is 6.61 Å². The molecule has 7 heteroatoms. The molecule has 0 radical (unpaired) electrons. The molecular formula is C22H22ClN3O2S. The third-order valence-corrected chi connectivity index (χ3v) is 6.06. The summed E-state index contributed by atoms with van der Waals surface area (Å²) < 4.78 is 5.76. The molecule has 2 aromatic carbocycles. The molecule has 150 valence electrons. The molecule has 0 unspecified atom stereocenters. The second kappa shape index (κ2) is 8.84. The van der Waals surface area contributed by atoms with Gasteiger partial charge in [0.25, 0.3) is 5.91 Å². The lowest BCUT2D eigenvalue weighted by atomic mass is 10.1. The standard InChI is InChI=1S/C22H22ClN3O2S/c1-16-24-18(15-29-16)14-28-19-8-6-17(7-9-19)22(27)26-12-10-25(11-13-26)21-5-3-2-4-20(21)23/h2-9,15H,10-14H2,1H3. The van der Waals surface area contributed by atoms with Crippen molar-refractivity contribution < 1.29 is 9.53 Å². The summed E-state index contributed by atoms with van der Waals surface area (Å²) in [6.45, 7) is 5.29. The number of para-hydroxylation sites is 1. The van der Waals surface area contributed by atoms with Gasteiger partial charge in [-0.3, -0.25) is 4.79 Å². The number of aromatic nitrogens is 1. The highest BCUT2D eigenvalue weighted by Crippen LogP contribution is 2.26. The van der Waals surface area contributed by atoms with Crippen LogP contribution in [0, 0.1) is 6.92 Å². The summed E-state index contributed by atoms with van der Waals surface area (Å²) in [5.41, 5.74) is 2.62. The van der Waals surface area contributed by atoms with Gasteiger partial charge in [-0.15, -0.1) is 11.3 Å². The minimum absolute atomic E-state index is 0.0467. The number of nitrogens with zero attached hydrogens (tertiary/aromatic N) is 3. The number of thiazole rings is 1. The molecule has 4 rings (SSSR count). The molecule has 0 N–H and O–H groups in total. The normalized spacial score (nSPS) is 14.1. The summed E-state index contributed by atoms with van der Waals surface area (Å²) in [5.74, 6) is 0.779. The molecule has 2 heterocycles. The van der Waals surface area contributed by atoms with E-state index in [0.717, 1.165) is 40.3 Å². The van der Waals surface area contributed by atoms with Crippen molar-refractivity contribution in [3.8, 4) is 5.75 Å². The minimum Gasteiger partial charge on any atom is -0.487 e. The average molecular weight is 428 g/mol. The van der Waals surface area contributed by atoms with Crippen LogP contribution in [0.2, 0.25) is 5.02 Å². The molecule has 0 atom stereocenters. The van der Waals surface area contributed by atoms with Crippen molar-refractivity contribution in [3.63, 3.8) is 0 Å². The quantitative estimate of drug-likeness (QED) is 0.594. The van der Waals surface area contributed by atoms with Crippen LogP contribution in [0.3, 0.4) is 0 Å². The van der Waals surface area contributed by atoms with Gasteiger partial charge in [0.2, 0.25) is 0 Å². The number of halogens is 1. The summed E-state index contributed by atoms with van der Waals surface area (Å²) in [5, 5.41) is 3.77. The third kappa shape index (κ3) is 4.71. The van der Waals surface area contributed by atoms with Crippen LogP contribution >= 0.6 is 22.9 Å². The lowest BCUT2D eigenvalue weighted by Crippen LogP contribution is -2.48. The van der Waals surface area contributed by atoms with Crippen molar-refractivity contribution >= 4 is 34.5 Å². The molecule has 1 fully saturated rings. The summed E-state index contributed by atoms with van der Waals surface area (Å²) in [6, 6.07) is 15.2. The number of carbonyl (C=O) groups excluding carboxylic acids is 1. The monoisotopic (exact) mass is 427 g/mol. The molecular weight excluding hydrogens is 406 g/mol. The zero-order chi connectivity index (χ0) is 20.2. The predicted molar refractivity (Wildman–Crippen MR) is 117 cm³/mol. The number of benzene rings is 2. The first-order chi connectivity index (χ1) is 14.1. The Morgan fingerprint density at radius 3 is 2.48 bits per heavy atom. The molecule has 1 aromatic heterocycles. The summed E-state index contributed by atoms with van der Waals surface area (Å²) >= 11 is 7.90. The van der Waals surface area contributed by atoms with Crippen molar-refractivity contribution in [2.45, 2.75) is 13.5 Å². The Kier molecular flexibility index (Phi) is 6.02. The van der Waals surface area contributed by atoms with Crippen LogP contribution in [0.25, 0.3) is 0 Å². The number of ether oxygens (including phenoxy) is 1. The van der Waals surface area contributed by atoms with E-state index in [9.17, 15) is 4.79 Å². The van der Waals surface area contributed by atoms with Gasteiger partial charge in [-0.05, 0) is 43.3 Å². The Bertz CT molecular complexity index is 982. The van der Waals surface area contributed by atoms with Crippen LogP contribution in [0.15, 0.2) is 53.9 Å². The summed E-state index contributed by atoms with van der Waals surface area (Å²) in [7, 11) is 0. The van der Waals surface area contributed by atoms with E-state index in [0.29, 0.717) is 25.3 Å². The fraction of sp³-hybridized carbons (Fsp3) is 0.273. The van der Waals surface area contributed by atoms with Gasteiger partial charge in [-0.25, -0.2) is 4.98 Å². The average Bonchev–Trinajstić information content (AvgIpc) is 3.18. The largest absolute Gasteiger partial charge is 0.487 e. The molecule has 1 saturated heterocycles. The van der Waals surface area contributed by atoms with Crippen molar-refractivity contribution in [2.24, 2.45) is 0 Å². The molecule has 0 aliphatic carbocycles. The molecule has 1 amide bonds. The maximum atomic E-state index is 12.8. The molecule has 0 saturated carbocycles. The number of amides is 1. The van der Waals surface area contributed by atoms with Gasteiger partial charge < -0.3 is 14.5 Å². The van der Waals surface area contributed by atoms with Gasteiger partial charge in [-0.1, -0.05) is 23.7 Å². The maximum Gasteiger partial charge on any atom is 0.253 e. The number of hydrogen-bond donors (Lipinski definition) is 0. The minimum atomic E-state index is 0.0467. The van der Waals surface area contributed by atoms with E-state index in [2.05, 4.69) is 9.88 Å². The van der Waals surface area contributed by atoms with Gasteiger partial charge in [0, 0.05) is 37.1 Å². The lowest BCUT2D eigenvalue weighted by molar-refractivity contribution is 0.0746. The van der Waals surface area contributed by atoms with Gasteiger partial charge in [-0.2, -0.15) is 0 Å². The van der Waals surface area contributed by atoms with Crippen molar-refractivity contribution in [2.75, 3.05) is 31.1 Å². The number of anilines is 1. The third-order valence-electron chi connectivity index (χ3n) is 4.91.